The lowest BCUT2D eigenvalue weighted by Crippen LogP contribution is -2.42. The number of alkyl halides is 3. The fourth-order valence-electron chi connectivity index (χ4n) is 2.60. The van der Waals surface area contributed by atoms with E-state index in [0.29, 0.717) is 15.6 Å². The van der Waals surface area contributed by atoms with Gasteiger partial charge in [0, 0.05) is 15.6 Å². The van der Waals surface area contributed by atoms with Crippen LogP contribution >= 0.6 is 23.2 Å². The molecule has 0 aliphatic rings. The quantitative estimate of drug-likeness (QED) is 0.591. The van der Waals surface area contributed by atoms with Crippen LogP contribution in [0.3, 0.4) is 0 Å². The molecule has 3 aromatic rings. The number of aromatic nitrogens is 2. The van der Waals surface area contributed by atoms with Crippen molar-refractivity contribution >= 4 is 29.1 Å². The van der Waals surface area contributed by atoms with Crippen molar-refractivity contribution in [1.82, 2.24) is 15.1 Å². The van der Waals surface area contributed by atoms with Crippen LogP contribution in [0.4, 0.5) is 13.2 Å². The third-order valence-corrected chi connectivity index (χ3v) is 4.67. The smallest absolute Gasteiger partial charge is 0.382 e. The third kappa shape index (κ3) is 5.43. The number of carbonyl (C=O) groups excluding carboxylic acids is 1. The number of nitrogens with zero attached hydrogens (tertiary/aromatic N) is 2. The van der Waals surface area contributed by atoms with Crippen molar-refractivity contribution in [2.45, 2.75) is 12.3 Å². The molecule has 0 spiro atoms. The Balaban J connectivity index is 2.08. The highest BCUT2D eigenvalue weighted by Crippen LogP contribution is 2.22. The van der Waals surface area contributed by atoms with Crippen LogP contribution in [0.5, 0.6) is 0 Å². The highest BCUT2D eigenvalue weighted by Gasteiger charge is 2.38. The maximum Gasteiger partial charge on any atom is 0.416 e. The van der Waals surface area contributed by atoms with Gasteiger partial charge in [-0.05, 0) is 36.4 Å². The molecule has 1 amide bonds. The number of aliphatic hydroxyl groups excluding tert-OH is 1. The van der Waals surface area contributed by atoms with E-state index in [2.05, 4.69) is 5.10 Å². The van der Waals surface area contributed by atoms with Crippen LogP contribution in [-0.4, -0.2) is 39.6 Å². The summed E-state index contributed by atoms with van der Waals surface area (Å²) in [5, 5.41) is 16.0. The minimum absolute atomic E-state index is 0.192. The van der Waals surface area contributed by atoms with Crippen LogP contribution < -0.4 is 10.9 Å². The molecule has 11 heteroatoms. The highest BCUT2D eigenvalue weighted by molar-refractivity contribution is 6.31. The van der Waals surface area contributed by atoms with Crippen molar-refractivity contribution in [3.8, 4) is 16.9 Å². The molecule has 2 N–H and O–H groups in total. The van der Waals surface area contributed by atoms with E-state index in [1.165, 1.54) is 12.1 Å². The predicted molar refractivity (Wildman–Crippen MR) is 110 cm³/mol. The highest BCUT2D eigenvalue weighted by atomic mass is 35.5. The van der Waals surface area contributed by atoms with Gasteiger partial charge in [0.15, 0.2) is 6.10 Å². The number of carbonyl (C=O) groups is 1. The Kier molecular flexibility index (Phi) is 6.68. The molecule has 0 saturated heterocycles. The Bertz CT molecular complexity index is 1160. The number of hydrogen-bond donors (Lipinski definition) is 2. The lowest BCUT2D eigenvalue weighted by Gasteiger charge is -2.15. The van der Waals surface area contributed by atoms with Gasteiger partial charge in [0.2, 0.25) is 0 Å². The molecule has 0 aliphatic heterocycles. The van der Waals surface area contributed by atoms with E-state index >= 15 is 0 Å². The molecular formula is C20H14Cl2F3N3O3. The zero-order valence-electron chi connectivity index (χ0n) is 15.5. The lowest BCUT2D eigenvalue weighted by molar-refractivity contribution is -0.201. The van der Waals surface area contributed by atoms with Gasteiger partial charge in [0.05, 0.1) is 17.9 Å². The second-order valence-corrected chi connectivity index (χ2v) is 7.29. The second kappa shape index (κ2) is 9.09. The zero-order chi connectivity index (χ0) is 22.8. The van der Waals surface area contributed by atoms with Gasteiger partial charge in [-0.2, -0.15) is 23.0 Å². The van der Waals surface area contributed by atoms with Crippen LogP contribution in [0, 0.1) is 0 Å². The number of hydrogen-bond acceptors (Lipinski definition) is 4. The van der Waals surface area contributed by atoms with Gasteiger partial charge < -0.3 is 10.4 Å². The Morgan fingerprint density at radius 3 is 2.39 bits per heavy atom. The first kappa shape index (κ1) is 22.8. The molecule has 162 valence electrons. The van der Waals surface area contributed by atoms with Crippen molar-refractivity contribution in [3.05, 3.63) is 80.6 Å². The van der Waals surface area contributed by atoms with Gasteiger partial charge in [-0.25, -0.2) is 0 Å². The summed E-state index contributed by atoms with van der Waals surface area (Å²) in [6.07, 6.45) is -7.69. The molecule has 0 aliphatic carbocycles. The van der Waals surface area contributed by atoms with Crippen molar-refractivity contribution in [3.63, 3.8) is 0 Å². The summed E-state index contributed by atoms with van der Waals surface area (Å²) in [7, 11) is 0. The average Bonchev–Trinajstić information content (AvgIpc) is 2.72. The molecular weight excluding hydrogens is 458 g/mol. The molecule has 6 nitrogen and oxygen atoms in total. The van der Waals surface area contributed by atoms with Crippen molar-refractivity contribution < 1.29 is 23.1 Å². The first-order valence-electron chi connectivity index (χ1n) is 8.75. The average molecular weight is 472 g/mol. The summed E-state index contributed by atoms with van der Waals surface area (Å²) in [5.74, 6) is -1.10. The monoisotopic (exact) mass is 471 g/mol. The number of amides is 1. The van der Waals surface area contributed by atoms with Crippen molar-refractivity contribution in [1.29, 1.82) is 0 Å². The predicted octanol–water partition coefficient (Wildman–Crippen LogP) is 3.86. The zero-order valence-corrected chi connectivity index (χ0v) is 17.0. The summed E-state index contributed by atoms with van der Waals surface area (Å²) in [6, 6.07) is 13.6. The fourth-order valence-corrected chi connectivity index (χ4v) is 2.91. The third-order valence-electron chi connectivity index (χ3n) is 4.18. The van der Waals surface area contributed by atoms with Crippen molar-refractivity contribution in [2.24, 2.45) is 0 Å². The van der Waals surface area contributed by atoms with E-state index in [-0.39, 0.29) is 11.4 Å². The normalized spacial score (nSPS) is 12.5. The minimum atomic E-state index is -4.92. The van der Waals surface area contributed by atoms with Crippen LogP contribution in [0.1, 0.15) is 10.4 Å². The Hall–Kier alpha value is -2.88. The SMILES string of the molecule is O=C(NCC(O)C(F)(F)F)c1cc(-c2ccc(Cl)cc2)nn(-c2cccc(Cl)c2)c1=O. The molecule has 2 aromatic carbocycles. The van der Waals surface area contributed by atoms with E-state index < -0.39 is 35.9 Å². The van der Waals surface area contributed by atoms with Gasteiger partial charge in [-0.3, -0.25) is 9.59 Å². The lowest BCUT2D eigenvalue weighted by atomic mass is 10.1. The van der Waals surface area contributed by atoms with Gasteiger partial charge in [0.25, 0.3) is 11.5 Å². The standard InChI is InChI=1S/C20H14Cl2F3N3O3/c21-12-6-4-11(5-7-12)16-9-15(18(30)26-10-17(29)20(23,24)25)19(31)28(27-16)14-3-1-2-13(22)8-14/h1-9,17,29H,10H2,(H,26,30). The van der Waals surface area contributed by atoms with Crippen LogP contribution in [0.2, 0.25) is 10.0 Å². The van der Waals surface area contributed by atoms with E-state index in [4.69, 9.17) is 28.3 Å². The summed E-state index contributed by atoms with van der Waals surface area (Å²) in [5.41, 5.74) is -0.395. The number of benzene rings is 2. The summed E-state index contributed by atoms with van der Waals surface area (Å²) in [6.45, 7) is -1.11. The van der Waals surface area contributed by atoms with Gasteiger partial charge >= 0.3 is 6.18 Å². The topological polar surface area (TPSA) is 84.2 Å². The molecule has 1 atom stereocenters. The van der Waals surface area contributed by atoms with E-state index in [1.807, 2.05) is 5.32 Å². The van der Waals surface area contributed by atoms with Crippen molar-refractivity contribution in [2.75, 3.05) is 6.54 Å². The van der Waals surface area contributed by atoms with E-state index in [0.717, 1.165) is 10.7 Å². The number of halogens is 5. The molecule has 3 rings (SSSR count). The Morgan fingerprint density at radius 1 is 1.10 bits per heavy atom. The maximum absolute atomic E-state index is 12.9. The molecule has 1 aromatic heterocycles. The first-order chi connectivity index (χ1) is 14.6. The minimum Gasteiger partial charge on any atom is -0.382 e. The maximum atomic E-state index is 12.9. The van der Waals surface area contributed by atoms with E-state index in [9.17, 15) is 22.8 Å². The van der Waals surface area contributed by atoms with Gasteiger partial charge in [0.1, 0.15) is 5.56 Å². The second-order valence-electron chi connectivity index (χ2n) is 6.41. The molecule has 0 bridgehead atoms. The number of nitrogens with one attached hydrogen (secondary N) is 1. The number of rotatable bonds is 5. The summed E-state index contributed by atoms with van der Waals surface area (Å²) < 4.78 is 38.5. The molecule has 1 heterocycles. The van der Waals surface area contributed by atoms with E-state index in [1.54, 1.807) is 36.4 Å². The van der Waals surface area contributed by atoms with Crippen LogP contribution in [0.25, 0.3) is 16.9 Å². The van der Waals surface area contributed by atoms with Crippen LogP contribution in [0.15, 0.2) is 59.4 Å². The van der Waals surface area contributed by atoms with Gasteiger partial charge in [-0.1, -0.05) is 41.4 Å². The van der Waals surface area contributed by atoms with Gasteiger partial charge in [-0.15, -0.1) is 0 Å². The first-order valence-corrected chi connectivity index (χ1v) is 9.51. The van der Waals surface area contributed by atoms with Crippen LogP contribution in [-0.2, 0) is 0 Å². The largest absolute Gasteiger partial charge is 0.416 e. The fraction of sp³-hybridized carbons (Fsp3) is 0.150. The Labute approximate surface area is 183 Å². The molecule has 0 radical (unpaired) electrons. The molecule has 31 heavy (non-hydrogen) atoms. The summed E-state index contributed by atoms with van der Waals surface area (Å²) in [4.78, 5) is 25.4. The molecule has 0 saturated carbocycles. The molecule has 1 unspecified atom stereocenters. The number of aliphatic hydroxyl groups is 1. The Morgan fingerprint density at radius 2 is 1.77 bits per heavy atom. The molecule has 0 fully saturated rings. The summed E-state index contributed by atoms with van der Waals surface area (Å²) >= 11 is 11.9.